The molecule has 0 aliphatic carbocycles. The molecule has 2 N–H and O–H groups in total. The van der Waals surface area contributed by atoms with Crippen LogP contribution >= 0.6 is 27.7 Å². The van der Waals surface area contributed by atoms with Gasteiger partial charge in [0, 0.05) is 11.4 Å². The second kappa shape index (κ2) is 7.30. The van der Waals surface area contributed by atoms with Crippen LogP contribution in [-0.4, -0.2) is 26.1 Å². The maximum absolute atomic E-state index is 12.2. The summed E-state index contributed by atoms with van der Waals surface area (Å²) < 4.78 is 5.78. The van der Waals surface area contributed by atoms with Crippen LogP contribution in [0, 0.1) is 0 Å². The number of aromatic nitrogens is 4. The number of hydrogen-bond acceptors (Lipinski definition) is 6. The van der Waals surface area contributed by atoms with Gasteiger partial charge in [-0.25, -0.2) is 9.97 Å². The van der Waals surface area contributed by atoms with Gasteiger partial charge in [0.15, 0.2) is 16.1 Å². The fraction of sp³-hybridized carbons (Fsp3) is 0.0588. The first-order chi connectivity index (χ1) is 12.7. The van der Waals surface area contributed by atoms with E-state index in [1.165, 1.54) is 6.33 Å². The number of H-pyrrole nitrogens is 1. The molecule has 1 amide bonds. The van der Waals surface area contributed by atoms with Crippen molar-refractivity contribution in [3.63, 3.8) is 0 Å². The fourth-order valence-electron chi connectivity index (χ4n) is 2.38. The third-order valence-corrected chi connectivity index (χ3v) is 5.07. The van der Waals surface area contributed by atoms with Crippen LogP contribution < -0.4 is 5.32 Å². The van der Waals surface area contributed by atoms with Crippen LogP contribution in [0.25, 0.3) is 11.0 Å². The molecule has 0 unspecified atom stereocenters. The number of nitrogens with one attached hydrogen (secondary N) is 2. The van der Waals surface area contributed by atoms with E-state index in [1.54, 1.807) is 30.1 Å². The van der Waals surface area contributed by atoms with E-state index < -0.39 is 0 Å². The largest absolute Gasteiger partial charge is 0.444 e. The Morgan fingerprint density at radius 1 is 1.27 bits per heavy atom. The van der Waals surface area contributed by atoms with Gasteiger partial charge < -0.3 is 9.73 Å². The van der Waals surface area contributed by atoms with E-state index in [2.05, 4.69) is 41.4 Å². The summed E-state index contributed by atoms with van der Waals surface area (Å²) in [5, 5.41) is 11.4. The highest BCUT2D eigenvalue weighted by atomic mass is 79.9. The number of nitrogens with zero attached hydrogens (tertiary/aromatic N) is 3. The Kier molecular flexibility index (Phi) is 4.72. The van der Waals surface area contributed by atoms with Crippen molar-refractivity contribution >= 4 is 50.3 Å². The van der Waals surface area contributed by atoms with E-state index in [4.69, 9.17) is 4.42 Å². The number of benzene rings is 1. The molecule has 0 aliphatic heterocycles. The van der Waals surface area contributed by atoms with Crippen molar-refractivity contribution < 1.29 is 9.21 Å². The SMILES string of the molecule is O=C(Nc1cccc(CSc2ncnc3[nH]ncc23)c1)c1ccc(Br)o1. The Balaban J connectivity index is 1.46. The molecular weight excluding hydrogens is 418 g/mol. The second-order valence-corrected chi connectivity index (χ2v) is 7.10. The summed E-state index contributed by atoms with van der Waals surface area (Å²) >= 11 is 4.77. The summed E-state index contributed by atoms with van der Waals surface area (Å²) in [4.78, 5) is 20.6. The van der Waals surface area contributed by atoms with E-state index in [1.807, 2.05) is 24.3 Å². The zero-order valence-electron chi connectivity index (χ0n) is 13.3. The Bertz CT molecular complexity index is 1080. The van der Waals surface area contributed by atoms with Crippen molar-refractivity contribution in [2.24, 2.45) is 0 Å². The molecule has 26 heavy (non-hydrogen) atoms. The van der Waals surface area contributed by atoms with Gasteiger partial charge in [-0.1, -0.05) is 12.1 Å². The van der Waals surface area contributed by atoms with Crippen LogP contribution in [0.15, 0.2) is 63.0 Å². The molecule has 9 heteroatoms. The lowest BCUT2D eigenvalue weighted by Gasteiger charge is -2.06. The van der Waals surface area contributed by atoms with E-state index in [0.29, 0.717) is 21.8 Å². The molecule has 7 nitrogen and oxygen atoms in total. The molecular formula is C17H12BrN5O2S. The van der Waals surface area contributed by atoms with Crippen LogP contribution in [0.4, 0.5) is 5.69 Å². The summed E-state index contributed by atoms with van der Waals surface area (Å²) in [5.41, 5.74) is 2.48. The number of hydrogen-bond donors (Lipinski definition) is 2. The quantitative estimate of drug-likeness (QED) is 0.363. The molecule has 0 saturated carbocycles. The standard InChI is InChI=1S/C17H12BrN5O2S/c18-14-5-4-13(25-14)16(24)22-11-3-1-2-10(6-11)8-26-17-12-7-21-23-15(12)19-9-20-17/h1-7,9H,8H2,(H,22,24)(H,19,20,21,23). The number of fused-ring (bicyclic) bond motifs is 1. The molecule has 0 bridgehead atoms. The Morgan fingerprint density at radius 3 is 3.04 bits per heavy atom. The van der Waals surface area contributed by atoms with Gasteiger partial charge in [-0.15, -0.1) is 11.8 Å². The number of furan rings is 1. The van der Waals surface area contributed by atoms with Crippen LogP contribution in [0.2, 0.25) is 0 Å². The van der Waals surface area contributed by atoms with Gasteiger partial charge in [0.25, 0.3) is 5.91 Å². The molecule has 0 fully saturated rings. The van der Waals surface area contributed by atoms with Crippen molar-refractivity contribution in [1.82, 2.24) is 20.2 Å². The third-order valence-electron chi connectivity index (χ3n) is 3.57. The molecule has 0 atom stereocenters. The average molecular weight is 430 g/mol. The third kappa shape index (κ3) is 3.63. The second-order valence-electron chi connectivity index (χ2n) is 5.36. The number of carbonyl (C=O) groups excluding carboxylic acids is 1. The van der Waals surface area contributed by atoms with E-state index in [0.717, 1.165) is 16.0 Å². The molecule has 0 spiro atoms. The molecule has 1 aromatic carbocycles. The summed E-state index contributed by atoms with van der Waals surface area (Å²) in [6, 6.07) is 11.0. The number of anilines is 1. The van der Waals surface area contributed by atoms with Gasteiger partial charge in [-0.2, -0.15) is 5.10 Å². The maximum Gasteiger partial charge on any atom is 0.291 e. The van der Waals surface area contributed by atoms with E-state index in [-0.39, 0.29) is 11.7 Å². The molecule has 0 aliphatic rings. The van der Waals surface area contributed by atoms with Crippen LogP contribution in [-0.2, 0) is 5.75 Å². The first kappa shape index (κ1) is 16.8. The van der Waals surface area contributed by atoms with Crippen molar-refractivity contribution in [1.29, 1.82) is 0 Å². The highest BCUT2D eigenvalue weighted by Gasteiger charge is 2.11. The normalized spacial score (nSPS) is 11.0. The zero-order valence-corrected chi connectivity index (χ0v) is 15.7. The zero-order chi connectivity index (χ0) is 17.9. The van der Waals surface area contributed by atoms with E-state index in [9.17, 15) is 4.79 Å². The van der Waals surface area contributed by atoms with E-state index >= 15 is 0 Å². The first-order valence-corrected chi connectivity index (χ1v) is 9.39. The number of carbonyl (C=O) groups is 1. The maximum atomic E-state index is 12.2. The number of halogens is 1. The topological polar surface area (TPSA) is 96.7 Å². The number of rotatable bonds is 5. The Morgan fingerprint density at radius 2 is 2.19 bits per heavy atom. The lowest BCUT2D eigenvalue weighted by Crippen LogP contribution is -2.10. The molecule has 130 valence electrons. The molecule has 0 saturated heterocycles. The minimum atomic E-state index is -0.295. The van der Waals surface area contributed by atoms with Crippen LogP contribution in [0.5, 0.6) is 0 Å². The Hall–Kier alpha value is -2.65. The molecule has 4 rings (SSSR count). The first-order valence-electron chi connectivity index (χ1n) is 7.61. The van der Waals surface area contributed by atoms with Gasteiger partial charge in [0.2, 0.25) is 0 Å². The lowest BCUT2D eigenvalue weighted by molar-refractivity contribution is 0.0995. The lowest BCUT2D eigenvalue weighted by atomic mass is 10.2. The van der Waals surface area contributed by atoms with Crippen LogP contribution in [0.3, 0.4) is 0 Å². The molecule has 4 aromatic rings. The van der Waals surface area contributed by atoms with Gasteiger partial charge in [0.1, 0.15) is 11.4 Å². The predicted octanol–water partition coefficient (Wildman–Crippen LogP) is 4.25. The summed E-state index contributed by atoms with van der Waals surface area (Å²) in [6.07, 6.45) is 3.23. The number of aromatic amines is 1. The number of amides is 1. The van der Waals surface area contributed by atoms with Gasteiger partial charge in [-0.3, -0.25) is 9.89 Å². The smallest absolute Gasteiger partial charge is 0.291 e. The summed E-state index contributed by atoms with van der Waals surface area (Å²) in [6.45, 7) is 0. The highest BCUT2D eigenvalue weighted by molar-refractivity contribution is 9.10. The number of thioether (sulfide) groups is 1. The average Bonchev–Trinajstić information content (AvgIpc) is 3.29. The monoisotopic (exact) mass is 429 g/mol. The summed E-state index contributed by atoms with van der Waals surface area (Å²) in [5.74, 6) is 0.657. The highest BCUT2D eigenvalue weighted by Crippen LogP contribution is 2.27. The summed E-state index contributed by atoms with van der Waals surface area (Å²) in [7, 11) is 0. The predicted molar refractivity (Wildman–Crippen MR) is 102 cm³/mol. The fourth-order valence-corrected chi connectivity index (χ4v) is 3.59. The molecule has 3 heterocycles. The van der Waals surface area contributed by atoms with Crippen molar-refractivity contribution in [2.75, 3.05) is 5.32 Å². The van der Waals surface area contributed by atoms with Crippen molar-refractivity contribution in [3.05, 3.63) is 64.9 Å². The molecule has 0 radical (unpaired) electrons. The van der Waals surface area contributed by atoms with Crippen molar-refractivity contribution in [3.8, 4) is 0 Å². The van der Waals surface area contributed by atoms with Crippen LogP contribution in [0.1, 0.15) is 16.1 Å². The molecule has 3 aromatic heterocycles. The van der Waals surface area contributed by atoms with Gasteiger partial charge in [0.05, 0.1) is 11.6 Å². The minimum absolute atomic E-state index is 0.250. The van der Waals surface area contributed by atoms with Crippen molar-refractivity contribution in [2.45, 2.75) is 10.8 Å². The van der Waals surface area contributed by atoms with Gasteiger partial charge >= 0.3 is 0 Å². The van der Waals surface area contributed by atoms with Gasteiger partial charge in [-0.05, 0) is 45.8 Å². The minimum Gasteiger partial charge on any atom is -0.444 e. The Labute approximate surface area is 160 Å².